The quantitative estimate of drug-likeness (QED) is 0.313. The number of halogens is 1. The lowest BCUT2D eigenvalue weighted by molar-refractivity contribution is -0.141. The highest BCUT2D eigenvalue weighted by Gasteiger charge is 2.51. The first kappa shape index (κ1) is 25.8. The highest BCUT2D eigenvalue weighted by molar-refractivity contribution is 6.29. The maximum absolute atomic E-state index is 13.7. The largest absolute Gasteiger partial charge is 0.366 e. The van der Waals surface area contributed by atoms with Crippen LogP contribution < -0.4 is 16.4 Å². The number of primary amides is 1. The highest BCUT2D eigenvalue weighted by atomic mass is 35.5. The van der Waals surface area contributed by atoms with Crippen LogP contribution >= 0.6 is 11.6 Å². The van der Waals surface area contributed by atoms with Gasteiger partial charge in [0.15, 0.2) is 11.0 Å². The Labute approximate surface area is 234 Å². The number of likely N-dealkylation sites (tertiary alicyclic amines) is 1. The minimum absolute atomic E-state index is 0.00689. The molecule has 0 radical (unpaired) electrons. The van der Waals surface area contributed by atoms with Crippen molar-refractivity contribution in [3.8, 4) is 0 Å². The molecule has 2 bridgehead atoms. The van der Waals surface area contributed by atoms with Crippen LogP contribution in [0.2, 0.25) is 5.15 Å². The highest BCUT2D eigenvalue weighted by Crippen LogP contribution is 2.43. The first-order valence-electron chi connectivity index (χ1n) is 13.0. The predicted octanol–water partition coefficient (Wildman–Crippen LogP) is 3.65. The molecule has 11 nitrogen and oxygen atoms in total. The molecule has 40 heavy (non-hydrogen) atoms. The third kappa shape index (κ3) is 4.84. The zero-order valence-electron chi connectivity index (χ0n) is 21.7. The maximum atomic E-state index is 13.7. The Balaban J connectivity index is 1.25. The summed E-state index contributed by atoms with van der Waals surface area (Å²) in [6.45, 7) is 1.82. The van der Waals surface area contributed by atoms with Crippen molar-refractivity contribution in [3.05, 3.63) is 71.1 Å². The number of rotatable bonds is 7. The smallest absolute Gasteiger partial charge is 0.250 e. The van der Waals surface area contributed by atoms with Crippen molar-refractivity contribution in [1.82, 2.24) is 24.6 Å². The van der Waals surface area contributed by atoms with Gasteiger partial charge in [0.1, 0.15) is 18.4 Å². The number of pyridine rings is 1. The second-order valence-electron chi connectivity index (χ2n) is 10.3. The zero-order valence-corrected chi connectivity index (χ0v) is 22.4. The van der Waals surface area contributed by atoms with E-state index in [0.717, 1.165) is 25.0 Å². The van der Waals surface area contributed by atoms with Gasteiger partial charge in [-0.3, -0.25) is 14.4 Å². The number of fused-ring (bicyclic) bond motifs is 3. The summed E-state index contributed by atoms with van der Waals surface area (Å²) >= 11 is 5.82. The summed E-state index contributed by atoms with van der Waals surface area (Å²) in [6.07, 6.45) is 4.16. The number of carbonyl (C=O) groups excluding carboxylic acids is 3. The van der Waals surface area contributed by atoms with Crippen LogP contribution in [0, 0.1) is 12.8 Å². The molecule has 12 heteroatoms. The molecular formula is C28H27ClN8O3. The summed E-state index contributed by atoms with van der Waals surface area (Å²) in [6, 6.07) is 13.6. The van der Waals surface area contributed by atoms with Crippen LogP contribution in [0.3, 0.4) is 0 Å². The predicted molar refractivity (Wildman–Crippen MR) is 150 cm³/mol. The van der Waals surface area contributed by atoms with E-state index in [1.165, 1.54) is 0 Å². The fourth-order valence-corrected chi connectivity index (χ4v) is 6.06. The number of nitrogens with one attached hydrogen (secondary N) is 2. The van der Waals surface area contributed by atoms with Gasteiger partial charge < -0.3 is 25.8 Å². The second kappa shape index (κ2) is 10.2. The number of hydrogen-bond donors (Lipinski definition) is 3. The summed E-state index contributed by atoms with van der Waals surface area (Å²) in [5.41, 5.74) is 8.11. The Hall–Kier alpha value is -4.51. The third-order valence-electron chi connectivity index (χ3n) is 7.64. The first-order valence-corrected chi connectivity index (χ1v) is 13.4. The summed E-state index contributed by atoms with van der Waals surface area (Å²) in [4.78, 5) is 45.5. The standard InChI is InChI=1S/C28H27ClN8O3/c1-15-3-2-4-23(31-15)33-28(40)26-16-5-7-18(11-16)37(26)25(38)14-36-13-20(27(30)39)19-12-17(6-8-21(19)36)32-24-10-9-22(29)34-35-24/h2-4,6,8-10,12-13,16,18,26H,5,7,11,14H2,1H3,(H2,30,39)(H,32,35)(H,31,33,40)/t16-,18?,26+/m1/s1. The fourth-order valence-electron chi connectivity index (χ4n) is 5.96. The number of aryl methyl sites for hydroxylation is 1. The van der Waals surface area contributed by atoms with E-state index in [0.29, 0.717) is 28.2 Å². The van der Waals surface area contributed by atoms with Gasteiger partial charge in [0, 0.05) is 34.5 Å². The Kier molecular flexibility index (Phi) is 6.59. The van der Waals surface area contributed by atoms with E-state index in [1.54, 1.807) is 39.9 Å². The number of nitrogens with zero attached hydrogens (tertiary/aromatic N) is 5. The molecule has 6 rings (SSSR count). The van der Waals surface area contributed by atoms with Gasteiger partial charge in [0.2, 0.25) is 11.8 Å². The number of amides is 3. The van der Waals surface area contributed by atoms with Crippen LogP contribution in [-0.2, 0) is 16.1 Å². The van der Waals surface area contributed by atoms with Crippen molar-refractivity contribution in [3.63, 3.8) is 0 Å². The molecule has 0 spiro atoms. The number of aromatic nitrogens is 4. The Bertz CT molecular complexity index is 1640. The molecule has 4 heterocycles. The van der Waals surface area contributed by atoms with Crippen molar-refractivity contribution < 1.29 is 14.4 Å². The Morgan fingerprint density at radius 3 is 2.67 bits per heavy atom. The van der Waals surface area contributed by atoms with Gasteiger partial charge in [0.25, 0.3) is 5.91 Å². The molecule has 3 atom stereocenters. The van der Waals surface area contributed by atoms with E-state index in [1.807, 2.05) is 31.2 Å². The minimum atomic E-state index is -0.609. The Morgan fingerprint density at radius 1 is 1.07 bits per heavy atom. The van der Waals surface area contributed by atoms with Gasteiger partial charge in [-0.05, 0) is 74.6 Å². The molecular weight excluding hydrogens is 532 g/mol. The van der Waals surface area contributed by atoms with E-state index < -0.39 is 11.9 Å². The lowest BCUT2D eigenvalue weighted by Crippen LogP contribution is -2.51. The number of hydrogen-bond acceptors (Lipinski definition) is 7. The van der Waals surface area contributed by atoms with Crippen molar-refractivity contribution in [2.75, 3.05) is 10.6 Å². The van der Waals surface area contributed by atoms with E-state index in [4.69, 9.17) is 17.3 Å². The number of piperidine rings is 1. The summed E-state index contributed by atoms with van der Waals surface area (Å²) in [7, 11) is 0. The van der Waals surface area contributed by atoms with Crippen LogP contribution in [0.25, 0.3) is 10.9 Å². The number of benzene rings is 1. The second-order valence-corrected chi connectivity index (χ2v) is 10.6. The fraction of sp³-hybridized carbons (Fsp3) is 0.286. The van der Waals surface area contributed by atoms with Gasteiger partial charge in [-0.15, -0.1) is 10.2 Å². The molecule has 1 saturated carbocycles. The molecule has 2 fully saturated rings. The SMILES string of the molecule is Cc1cccc(NC(=O)[C@@H]2[C@@H]3CCC(C3)N2C(=O)Cn2cc(C(N)=O)c3cc(Nc4ccc(Cl)nn4)ccc32)n1. The monoisotopic (exact) mass is 558 g/mol. The summed E-state index contributed by atoms with van der Waals surface area (Å²) in [5.74, 6) is 0.0320. The number of anilines is 3. The van der Waals surface area contributed by atoms with Gasteiger partial charge in [-0.2, -0.15) is 0 Å². The summed E-state index contributed by atoms with van der Waals surface area (Å²) in [5, 5.41) is 14.7. The normalized spacial score (nSPS) is 19.6. The van der Waals surface area contributed by atoms with E-state index in [-0.39, 0.29) is 41.0 Å². The molecule has 4 N–H and O–H groups in total. The molecule has 204 valence electrons. The van der Waals surface area contributed by atoms with E-state index in [9.17, 15) is 14.4 Å². The van der Waals surface area contributed by atoms with Crippen LogP contribution in [0.4, 0.5) is 17.3 Å². The Morgan fingerprint density at radius 2 is 1.93 bits per heavy atom. The molecule has 4 aromatic rings. The molecule has 1 unspecified atom stereocenters. The average Bonchev–Trinajstić information content (AvgIpc) is 3.63. The number of nitrogens with two attached hydrogens (primary N) is 1. The topological polar surface area (TPSA) is 148 Å². The molecule has 1 aromatic carbocycles. The zero-order chi connectivity index (χ0) is 28.0. The minimum Gasteiger partial charge on any atom is -0.366 e. The van der Waals surface area contributed by atoms with Crippen molar-refractivity contribution in [2.24, 2.45) is 11.7 Å². The maximum Gasteiger partial charge on any atom is 0.250 e. The molecule has 1 aliphatic heterocycles. The molecule has 2 aliphatic rings. The summed E-state index contributed by atoms with van der Waals surface area (Å²) < 4.78 is 1.71. The average molecular weight is 559 g/mol. The van der Waals surface area contributed by atoms with Crippen molar-refractivity contribution in [1.29, 1.82) is 0 Å². The van der Waals surface area contributed by atoms with Crippen molar-refractivity contribution in [2.45, 2.75) is 44.8 Å². The van der Waals surface area contributed by atoms with Gasteiger partial charge in [-0.1, -0.05) is 17.7 Å². The molecule has 3 aromatic heterocycles. The van der Waals surface area contributed by atoms with Gasteiger partial charge >= 0.3 is 0 Å². The lowest BCUT2D eigenvalue weighted by Gasteiger charge is -2.34. The third-order valence-corrected chi connectivity index (χ3v) is 7.84. The van der Waals surface area contributed by atoms with Gasteiger partial charge in [0.05, 0.1) is 5.56 Å². The lowest BCUT2D eigenvalue weighted by atomic mass is 9.97. The molecule has 3 amide bonds. The van der Waals surface area contributed by atoms with Gasteiger partial charge in [-0.25, -0.2) is 4.98 Å². The van der Waals surface area contributed by atoms with E-state index in [2.05, 4.69) is 25.8 Å². The van der Waals surface area contributed by atoms with Crippen LogP contribution in [0.5, 0.6) is 0 Å². The van der Waals surface area contributed by atoms with Crippen LogP contribution in [0.15, 0.2) is 54.7 Å². The van der Waals surface area contributed by atoms with Crippen molar-refractivity contribution >= 4 is 57.5 Å². The van der Waals surface area contributed by atoms with E-state index >= 15 is 0 Å². The van der Waals surface area contributed by atoms with Crippen LogP contribution in [0.1, 0.15) is 35.3 Å². The first-order chi connectivity index (χ1) is 19.3. The number of carbonyl (C=O) groups is 3. The van der Waals surface area contributed by atoms with Crippen LogP contribution in [-0.4, -0.2) is 54.5 Å². The molecule has 1 aliphatic carbocycles. The molecule has 1 saturated heterocycles.